The van der Waals surface area contributed by atoms with Gasteiger partial charge < -0.3 is 0 Å². The van der Waals surface area contributed by atoms with Gasteiger partial charge in [0.05, 0.1) is 11.7 Å². The first-order valence-corrected chi connectivity index (χ1v) is 6.57. The van der Waals surface area contributed by atoms with Crippen LogP contribution in [0, 0.1) is 0 Å². The average Bonchev–Trinajstić information content (AvgIpc) is 3.00. The molecule has 1 saturated carbocycles. The minimum Gasteiger partial charge on any atom is -0.295 e. The fourth-order valence-electron chi connectivity index (χ4n) is 2.87. The molecule has 3 heteroatoms. The number of hydrogen-bond donors (Lipinski definition) is 0. The molecule has 0 radical (unpaired) electrons. The van der Waals surface area contributed by atoms with Crippen molar-refractivity contribution in [2.45, 2.75) is 51.0 Å². The van der Waals surface area contributed by atoms with Crippen molar-refractivity contribution in [1.29, 1.82) is 0 Å². The third kappa shape index (κ3) is 2.33. The highest BCUT2D eigenvalue weighted by Crippen LogP contribution is 2.29. The zero-order valence-electron chi connectivity index (χ0n) is 10.1. The minimum absolute atomic E-state index is 0.273. The van der Waals surface area contributed by atoms with E-state index < -0.39 is 0 Å². The van der Waals surface area contributed by atoms with Crippen LogP contribution in [0.4, 0.5) is 0 Å². The molecule has 0 atom stereocenters. The number of allylic oxidation sites excluding steroid dienone is 2. The molecular formula is C14H18N2O. The van der Waals surface area contributed by atoms with Gasteiger partial charge in [0.2, 0.25) is 0 Å². The van der Waals surface area contributed by atoms with Crippen molar-refractivity contribution in [1.82, 2.24) is 9.78 Å². The first-order chi connectivity index (χ1) is 8.31. The summed E-state index contributed by atoms with van der Waals surface area (Å²) in [4.78, 5) is 11.2. The lowest BCUT2D eigenvalue weighted by Gasteiger charge is -2.08. The minimum atomic E-state index is 0.273. The zero-order chi connectivity index (χ0) is 11.7. The maximum atomic E-state index is 11.2. The summed E-state index contributed by atoms with van der Waals surface area (Å²) in [6, 6.07) is 2.71. The quantitative estimate of drug-likeness (QED) is 0.800. The van der Waals surface area contributed by atoms with Crippen molar-refractivity contribution in [3.63, 3.8) is 0 Å². The summed E-state index contributed by atoms with van der Waals surface area (Å²) in [6.07, 6.45) is 11.6. The monoisotopic (exact) mass is 230 g/mol. The van der Waals surface area contributed by atoms with Crippen LogP contribution in [0.3, 0.4) is 0 Å². The fraction of sp³-hybridized carbons (Fsp3) is 0.571. The predicted molar refractivity (Wildman–Crippen MR) is 65.8 cm³/mol. The lowest BCUT2D eigenvalue weighted by molar-refractivity contribution is -0.114. The van der Waals surface area contributed by atoms with Crippen molar-refractivity contribution in [3.05, 3.63) is 29.6 Å². The van der Waals surface area contributed by atoms with Crippen LogP contribution >= 0.6 is 0 Å². The Kier molecular flexibility index (Phi) is 2.83. The van der Waals surface area contributed by atoms with E-state index in [0.717, 1.165) is 18.5 Å². The molecule has 1 fully saturated rings. The van der Waals surface area contributed by atoms with Crippen molar-refractivity contribution >= 4 is 5.78 Å². The third-order valence-electron chi connectivity index (χ3n) is 3.83. The summed E-state index contributed by atoms with van der Waals surface area (Å²) in [5, 5.41) is 4.65. The van der Waals surface area contributed by atoms with E-state index in [-0.39, 0.29) is 5.78 Å². The Morgan fingerprint density at radius 1 is 1.29 bits per heavy atom. The van der Waals surface area contributed by atoms with Crippen LogP contribution in [0.2, 0.25) is 0 Å². The lowest BCUT2D eigenvalue weighted by Crippen LogP contribution is -2.05. The molecule has 0 spiro atoms. The summed E-state index contributed by atoms with van der Waals surface area (Å²) in [7, 11) is 0. The van der Waals surface area contributed by atoms with Gasteiger partial charge in [-0.25, -0.2) is 0 Å². The molecule has 0 amide bonds. The molecular weight excluding hydrogens is 212 g/mol. The Labute approximate surface area is 102 Å². The number of aromatic nitrogens is 2. The lowest BCUT2D eigenvalue weighted by atomic mass is 10.1. The molecule has 1 heterocycles. The van der Waals surface area contributed by atoms with E-state index in [0.29, 0.717) is 12.5 Å². The maximum absolute atomic E-state index is 11.2. The fourth-order valence-corrected chi connectivity index (χ4v) is 2.87. The van der Waals surface area contributed by atoms with E-state index >= 15 is 0 Å². The average molecular weight is 230 g/mol. The van der Waals surface area contributed by atoms with Gasteiger partial charge in [-0.1, -0.05) is 18.4 Å². The van der Waals surface area contributed by atoms with Crippen LogP contribution in [-0.4, -0.2) is 15.6 Å². The molecule has 0 aliphatic heterocycles. The van der Waals surface area contributed by atoms with Crippen LogP contribution < -0.4 is 0 Å². The van der Waals surface area contributed by atoms with Crippen molar-refractivity contribution < 1.29 is 4.79 Å². The van der Waals surface area contributed by atoms with E-state index in [9.17, 15) is 4.79 Å². The smallest absolute Gasteiger partial charge is 0.155 e. The molecule has 0 aromatic carbocycles. The highest BCUT2D eigenvalue weighted by molar-refractivity contribution is 5.93. The zero-order valence-corrected chi connectivity index (χ0v) is 10.1. The molecule has 0 saturated heterocycles. The molecule has 0 unspecified atom stereocenters. The second kappa shape index (κ2) is 4.47. The summed E-state index contributed by atoms with van der Waals surface area (Å²) in [5.74, 6) is 0.273. The molecule has 3 nitrogen and oxygen atoms in total. The molecule has 2 aliphatic carbocycles. The maximum Gasteiger partial charge on any atom is 0.155 e. The number of carbonyl (C=O) groups excluding carboxylic acids is 1. The van der Waals surface area contributed by atoms with Gasteiger partial charge in [-0.3, -0.25) is 9.48 Å². The number of rotatable bonds is 3. The van der Waals surface area contributed by atoms with Gasteiger partial charge in [-0.2, -0.15) is 5.10 Å². The summed E-state index contributed by atoms with van der Waals surface area (Å²) in [6.45, 7) is 0. The van der Waals surface area contributed by atoms with Crippen LogP contribution in [0.1, 0.15) is 50.3 Å². The van der Waals surface area contributed by atoms with Gasteiger partial charge in [-0.15, -0.1) is 0 Å². The van der Waals surface area contributed by atoms with Crippen molar-refractivity contribution in [2.24, 2.45) is 0 Å². The normalized spacial score (nSPS) is 21.2. The molecule has 90 valence electrons. The molecule has 0 bridgehead atoms. The third-order valence-corrected chi connectivity index (χ3v) is 3.83. The van der Waals surface area contributed by atoms with Crippen LogP contribution in [0.15, 0.2) is 23.9 Å². The molecule has 17 heavy (non-hydrogen) atoms. The molecule has 3 rings (SSSR count). The van der Waals surface area contributed by atoms with Gasteiger partial charge in [0.15, 0.2) is 5.78 Å². The number of nitrogens with zero attached hydrogens (tertiary/aromatic N) is 2. The Bertz CT molecular complexity index is 453. The summed E-state index contributed by atoms with van der Waals surface area (Å²) in [5.41, 5.74) is 2.35. The first-order valence-electron chi connectivity index (χ1n) is 6.57. The predicted octanol–water partition coefficient (Wildman–Crippen LogP) is 2.83. The van der Waals surface area contributed by atoms with Gasteiger partial charge in [0, 0.05) is 19.0 Å². The Morgan fingerprint density at radius 3 is 2.82 bits per heavy atom. The highest BCUT2D eigenvalue weighted by atomic mass is 16.1. The Hall–Kier alpha value is -1.38. The molecule has 2 aliphatic rings. The van der Waals surface area contributed by atoms with Gasteiger partial charge in [-0.05, 0) is 31.4 Å². The van der Waals surface area contributed by atoms with Gasteiger partial charge in [0.25, 0.3) is 0 Å². The number of hydrogen-bond acceptors (Lipinski definition) is 2. The van der Waals surface area contributed by atoms with Crippen molar-refractivity contribution in [3.8, 4) is 0 Å². The number of ketones is 1. The second-order valence-electron chi connectivity index (χ2n) is 5.17. The summed E-state index contributed by atoms with van der Waals surface area (Å²) >= 11 is 0. The number of carbonyl (C=O) groups is 1. The van der Waals surface area contributed by atoms with E-state index in [1.807, 2.05) is 0 Å². The van der Waals surface area contributed by atoms with E-state index in [2.05, 4.69) is 22.0 Å². The Balaban J connectivity index is 1.68. The van der Waals surface area contributed by atoms with Gasteiger partial charge in [0.1, 0.15) is 0 Å². The SMILES string of the molecule is O=C1C=C(Cc2ccn(C3CCCC3)n2)CC1. The largest absolute Gasteiger partial charge is 0.295 e. The van der Waals surface area contributed by atoms with Crippen molar-refractivity contribution in [2.75, 3.05) is 0 Å². The topological polar surface area (TPSA) is 34.9 Å². The van der Waals surface area contributed by atoms with E-state index in [1.165, 1.54) is 31.3 Å². The highest BCUT2D eigenvalue weighted by Gasteiger charge is 2.18. The second-order valence-corrected chi connectivity index (χ2v) is 5.17. The molecule has 1 aromatic rings. The van der Waals surface area contributed by atoms with Gasteiger partial charge >= 0.3 is 0 Å². The Morgan fingerprint density at radius 2 is 2.12 bits per heavy atom. The van der Waals surface area contributed by atoms with E-state index in [4.69, 9.17) is 0 Å². The van der Waals surface area contributed by atoms with E-state index in [1.54, 1.807) is 6.08 Å². The standard InChI is InChI=1S/C14H18N2O/c17-14-6-5-11(10-14)9-12-7-8-16(15-12)13-3-1-2-4-13/h7-8,10,13H,1-6,9H2. The molecule has 1 aromatic heterocycles. The van der Waals surface area contributed by atoms with Crippen LogP contribution in [0.25, 0.3) is 0 Å². The summed E-state index contributed by atoms with van der Waals surface area (Å²) < 4.78 is 2.12. The first kappa shape index (κ1) is 10.8. The van der Waals surface area contributed by atoms with Crippen LogP contribution in [0.5, 0.6) is 0 Å². The van der Waals surface area contributed by atoms with Crippen LogP contribution in [-0.2, 0) is 11.2 Å². The molecule has 0 N–H and O–H groups in total.